The third-order valence-corrected chi connectivity index (χ3v) is 4.35. The van der Waals surface area contributed by atoms with E-state index in [4.69, 9.17) is 4.52 Å². The van der Waals surface area contributed by atoms with Crippen LogP contribution in [0.25, 0.3) is 11.5 Å². The first-order valence-electron chi connectivity index (χ1n) is 8.34. The fourth-order valence-electron chi connectivity index (χ4n) is 3.05. The average Bonchev–Trinajstić information content (AvgIpc) is 3.27. The van der Waals surface area contributed by atoms with Crippen LogP contribution in [0.4, 0.5) is 5.69 Å². The Hall–Kier alpha value is -3.02. The molecule has 0 bridgehead atoms. The van der Waals surface area contributed by atoms with Crippen LogP contribution in [0.3, 0.4) is 0 Å². The topological polar surface area (TPSA) is 72.1 Å². The highest BCUT2D eigenvalue weighted by atomic mass is 16.5. The first-order chi connectivity index (χ1) is 12.2. The second kappa shape index (κ2) is 6.47. The minimum Gasteiger partial charge on any atom is -0.339 e. The molecule has 6 heteroatoms. The van der Waals surface area contributed by atoms with Crippen molar-refractivity contribution < 1.29 is 9.32 Å². The maximum absolute atomic E-state index is 12.6. The maximum Gasteiger partial charge on any atom is 0.227 e. The maximum atomic E-state index is 12.6. The van der Waals surface area contributed by atoms with Crippen molar-refractivity contribution in [3.63, 3.8) is 0 Å². The number of hydrogen-bond acceptors (Lipinski definition) is 5. The lowest BCUT2D eigenvalue weighted by molar-refractivity contribution is -0.118. The van der Waals surface area contributed by atoms with Crippen LogP contribution in [0.5, 0.6) is 0 Å². The van der Waals surface area contributed by atoms with Crippen molar-refractivity contribution in [1.82, 2.24) is 15.1 Å². The van der Waals surface area contributed by atoms with E-state index in [0.717, 1.165) is 24.2 Å². The molecule has 1 aliphatic heterocycles. The van der Waals surface area contributed by atoms with Gasteiger partial charge in [0.2, 0.25) is 17.6 Å². The van der Waals surface area contributed by atoms with Gasteiger partial charge >= 0.3 is 0 Å². The Morgan fingerprint density at radius 3 is 3.04 bits per heavy atom. The molecule has 1 amide bonds. The third-order valence-electron chi connectivity index (χ3n) is 4.35. The Morgan fingerprint density at radius 2 is 2.20 bits per heavy atom. The largest absolute Gasteiger partial charge is 0.339 e. The summed E-state index contributed by atoms with van der Waals surface area (Å²) in [7, 11) is 0. The monoisotopic (exact) mass is 334 g/mol. The SMILES string of the molecule is Cc1ccc2c(c1)N(C(=O)CCc1nc(-c3ccccn3)no1)CC2. The van der Waals surface area contributed by atoms with E-state index in [1.54, 1.807) is 6.20 Å². The van der Waals surface area contributed by atoms with E-state index >= 15 is 0 Å². The molecule has 1 aromatic carbocycles. The van der Waals surface area contributed by atoms with Gasteiger partial charge in [-0.2, -0.15) is 4.98 Å². The Labute approximate surface area is 145 Å². The van der Waals surface area contributed by atoms with Crippen molar-refractivity contribution in [3.05, 3.63) is 59.6 Å². The van der Waals surface area contributed by atoms with Crippen LogP contribution in [-0.4, -0.2) is 27.6 Å². The van der Waals surface area contributed by atoms with E-state index in [9.17, 15) is 4.79 Å². The minimum atomic E-state index is 0.0851. The van der Waals surface area contributed by atoms with E-state index in [1.165, 1.54) is 5.56 Å². The summed E-state index contributed by atoms with van der Waals surface area (Å²) < 4.78 is 5.25. The number of amides is 1. The summed E-state index contributed by atoms with van der Waals surface area (Å²) in [5.41, 5.74) is 4.09. The second-order valence-corrected chi connectivity index (χ2v) is 6.15. The van der Waals surface area contributed by atoms with Crippen LogP contribution in [0.1, 0.15) is 23.4 Å². The molecule has 1 aliphatic rings. The summed E-state index contributed by atoms with van der Waals surface area (Å²) in [6.07, 6.45) is 3.36. The predicted octanol–water partition coefficient (Wildman–Crippen LogP) is 2.96. The quantitative estimate of drug-likeness (QED) is 0.733. The average molecular weight is 334 g/mol. The van der Waals surface area contributed by atoms with Gasteiger partial charge in [0.15, 0.2) is 0 Å². The molecular formula is C19H18N4O2. The highest BCUT2D eigenvalue weighted by Gasteiger charge is 2.24. The molecule has 0 atom stereocenters. The van der Waals surface area contributed by atoms with Gasteiger partial charge in [-0.3, -0.25) is 9.78 Å². The molecule has 0 saturated carbocycles. The van der Waals surface area contributed by atoms with E-state index in [2.05, 4.69) is 33.3 Å². The molecule has 3 heterocycles. The molecule has 0 spiro atoms. The number of fused-ring (bicyclic) bond motifs is 1. The number of aryl methyl sites for hydroxylation is 2. The highest BCUT2D eigenvalue weighted by Crippen LogP contribution is 2.29. The predicted molar refractivity (Wildman–Crippen MR) is 93.1 cm³/mol. The number of aromatic nitrogens is 3. The summed E-state index contributed by atoms with van der Waals surface area (Å²) in [5.74, 6) is 0.991. The van der Waals surface area contributed by atoms with Crippen molar-refractivity contribution in [2.75, 3.05) is 11.4 Å². The molecule has 25 heavy (non-hydrogen) atoms. The summed E-state index contributed by atoms with van der Waals surface area (Å²) >= 11 is 0. The molecule has 0 unspecified atom stereocenters. The zero-order valence-corrected chi connectivity index (χ0v) is 14.0. The van der Waals surface area contributed by atoms with Gasteiger partial charge in [0.1, 0.15) is 5.69 Å². The van der Waals surface area contributed by atoms with Crippen molar-refractivity contribution in [2.45, 2.75) is 26.2 Å². The molecule has 6 nitrogen and oxygen atoms in total. The number of pyridine rings is 1. The standard InChI is InChI=1S/C19H18N4O2/c1-13-5-6-14-9-11-23(16(14)12-13)18(24)8-7-17-21-19(22-25-17)15-4-2-3-10-20-15/h2-6,10,12H,7-9,11H2,1H3. The second-order valence-electron chi connectivity index (χ2n) is 6.15. The third kappa shape index (κ3) is 3.15. The number of anilines is 1. The van der Waals surface area contributed by atoms with Crippen molar-refractivity contribution in [2.24, 2.45) is 0 Å². The first kappa shape index (κ1) is 15.5. The van der Waals surface area contributed by atoms with Gasteiger partial charge in [0.25, 0.3) is 0 Å². The van der Waals surface area contributed by atoms with Crippen molar-refractivity contribution in [3.8, 4) is 11.5 Å². The number of nitrogens with zero attached hydrogens (tertiary/aromatic N) is 4. The molecule has 3 aromatic rings. The van der Waals surface area contributed by atoms with Crippen molar-refractivity contribution >= 4 is 11.6 Å². The number of carbonyl (C=O) groups excluding carboxylic acids is 1. The molecule has 0 radical (unpaired) electrons. The first-order valence-corrected chi connectivity index (χ1v) is 8.34. The number of carbonyl (C=O) groups is 1. The lowest BCUT2D eigenvalue weighted by atomic mass is 10.1. The van der Waals surface area contributed by atoms with Crippen molar-refractivity contribution in [1.29, 1.82) is 0 Å². The van der Waals surface area contributed by atoms with Crippen LogP contribution in [0.15, 0.2) is 47.1 Å². The lowest BCUT2D eigenvalue weighted by Crippen LogP contribution is -2.29. The Balaban J connectivity index is 1.42. The van der Waals surface area contributed by atoms with Crippen LogP contribution in [0.2, 0.25) is 0 Å². The van der Waals surface area contributed by atoms with Gasteiger partial charge in [0.05, 0.1) is 0 Å². The Morgan fingerprint density at radius 1 is 1.28 bits per heavy atom. The smallest absolute Gasteiger partial charge is 0.227 e. The van der Waals surface area contributed by atoms with Gasteiger partial charge in [-0.1, -0.05) is 23.4 Å². The van der Waals surface area contributed by atoms with E-state index < -0.39 is 0 Å². The number of hydrogen-bond donors (Lipinski definition) is 0. The molecule has 0 fully saturated rings. The highest BCUT2D eigenvalue weighted by molar-refractivity contribution is 5.95. The molecule has 126 valence electrons. The fraction of sp³-hybridized carbons (Fsp3) is 0.263. The Kier molecular flexibility index (Phi) is 4.01. The molecule has 0 saturated heterocycles. The van der Waals surface area contributed by atoms with Gasteiger partial charge < -0.3 is 9.42 Å². The minimum absolute atomic E-state index is 0.0851. The van der Waals surface area contributed by atoms with Gasteiger partial charge in [0, 0.05) is 31.3 Å². The molecule has 0 aliphatic carbocycles. The van der Waals surface area contributed by atoms with E-state index in [1.807, 2.05) is 30.0 Å². The molecule has 2 aromatic heterocycles. The lowest BCUT2D eigenvalue weighted by Gasteiger charge is -2.17. The van der Waals surface area contributed by atoms with Crippen LogP contribution in [0, 0.1) is 6.92 Å². The Bertz CT molecular complexity index is 905. The van der Waals surface area contributed by atoms with Gasteiger partial charge in [-0.25, -0.2) is 0 Å². The van der Waals surface area contributed by atoms with E-state index in [-0.39, 0.29) is 5.91 Å². The zero-order valence-electron chi connectivity index (χ0n) is 14.0. The van der Waals surface area contributed by atoms with Gasteiger partial charge in [-0.05, 0) is 42.7 Å². The number of benzene rings is 1. The van der Waals surface area contributed by atoms with E-state index in [0.29, 0.717) is 30.3 Å². The van der Waals surface area contributed by atoms with Gasteiger partial charge in [-0.15, -0.1) is 0 Å². The summed E-state index contributed by atoms with van der Waals surface area (Å²) in [6.45, 7) is 2.78. The number of rotatable bonds is 4. The van der Waals surface area contributed by atoms with Crippen LogP contribution in [-0.2, 0) is 17.6 Å². The zero-order chi connectivity index (χ0) is 17.2. The molecular weight excluding hydrogens is 316 g/mol. The normalized spacial score (nSPS) is 13.1. The summed E-state index contributed by atoms with van der Waals surface area (Å²) in [5, 5.41) is 3.94. The molecule has 4 rings (SSSR count). The summed E-state index contributed by atoms with van der Waals surface area (Å²) in [4.78, 5) is 23.0. The fourth-order valence-corrected chi connectivity index (χ4v) is 3.05. The molecule has 0 N–H and O–H groups in total. The summed E-state index contributed by atoms with van der Waals surface area (Å²) in [6, 6.07) is 11.8. The van der Waals surface area contributed by atoms with Crippen LogP contribution >= 0.6 is 0 Å². The van der Waals surface area contributed by atoms with Crippen LogP contribution < -0.4 is 4.90 Å².